The van der Waals surface area contributed by atoms with Gasteiger partial charge in [-0.3, -0.25) is 9.48 Å². The predicted molar refractivity (Wildman–Crippen MR) is 62.6 cm³/mol. The molecule has 7 heteroatoms. The van der Waals surface area contributed by atoms with Gasteiger partial charge in [-0.05, 0) is 18.2 Å². The van der Waals surface area contributed by atoms with Crippen molar-refractivity contribution in [1.82, 2.24) is 9.78 Å². The number of halogens is 3. The predicted octanol–water partition coefficient (Wildman–Crippen LogP) is 2.69. The molecule has 0 radical (unpaired) electrons. The Morgan fingerprint density at radius 1 is 1.32 bits per heavy atom. The second-order valence-corrected chi connectivity index (χ2v) is 3.91. The monoisotopic (exact) mass is 269 g/mol. The molecule has 2 rings (SSSR count). The van der Waals surface area contributed by atoms with Crippen molar-refractivity contribution >= 4 is 11.7 Å². The molecule has 0 saturated heterocycles. The molecule has 0 aliphatic heterocycles. The molecule has 0 saturated carbocycles. The Balaban J connectivity index is 2.20. The SMILES string of the molecule is Cn1ccc(NC(=O)c2cccc(C(F)(F)F)c2)n1. The minimum absolute atomic E-state index is 0.0690. The second-order valence-electron chi connectivity index (χ2n) is 3.91. The lowest BCUT2D eigenvalue weighted by Crippen LogP contribution is -2.14. The number of alkyl halides is 3. The molecule has 0 spiro atoms. The highest BCUT2D eigenvalue weighted by Gasteiger charge is 2.30. The molecule has 0 aliphatic rings. The summed E-state index contributed by atoms with van der Waals surface area (Å²) in [5, 5.41) is 6.33. The van der Waals surface area contributed by atoms with E-state index in [-0.39, 0.29) is 11.4 Å². The zero-order chi connectivity index (χ0) is 14.0. The lowest BCUT2D eigenvalue weighted by Gasteiger charge is -2.08. The number of amides is 1. The normalized spacial score (nSPS) is 11.4. The van der Waals surface area contributed by atoms with Gasteiger partial charge in [0.05, 0.1) is 5.56 Å². The number of carbonyl (C=O) groups excluding carboxylic acids is 1. The molecule has 0 atom stereocenters. The van der Waals surface area contributed by atoms with Crippen molar-refractivity contribution in [3.05, 3.63) is 47.7 Å². The number of aromatic nitrogens is 2. The van der Waals surface area contributed by atoms with E-state index in [1.165, 1.54) is 16.8 Å². The van der Waals surface area contributed by atoms with Gasteiger partial charge in [-0.1, -0.05) is 6.07 Å². The highest BCUT2D eigenvalue weighted by Crippen LogP contribution is 2.29. The highest BCUT2D eigenvalue weighted by molar-refractivity contribution is 6.03. The third-order valence-electron chi connectivity index (χ3n) is 2.41. The minimum Gasteiger partial charge on any atom is -0.305 e. The van der Waals surface area contributed by atoms with Gasteiger partial charge in [-0.2, -0.15) is 18.3 Å². The van der Waals surface area contributed by atoms with Crippen molar-refractivity contribution in [3.8, 4) is 0 Å². The fourth-order valence-electron chi connectivity index (χ4n) is 1.51. The number of hydrogen-bond acceptors (Lipinski definition) is 2. The largest absolute Gasteiger partial charge is 0.416 e. The molecule has 1 heterocycles. The van der Waals surface area contributed by atoms with E-state index in [1.807, 2.05) is 0 Å². The van der Waals surface area contributed by atoms with Crippen LogP contribution >= 0.6 is 0 Å². The third kappa shape index (κ3) is 3.12. The molecule has 1 amide bonds. The molecule has 4 nitrogen and oxygen atoms in total. The summed E-state index contributed by atoms with van der Waals surface area (Å²) >= 11 is 0. The summed E-state index contributed by atoms with van der Waals surface area (Å²) in [7, 11) is 1.67. The van der Waals surface area contributed by atoms with Gasteiger partial charge >= 0.3 is 6.18 Å². The van der Waals surface area contributed by atoms with Gasteiger partial charge in [0.25, 0.3) is 5.91 Å². The number of anilines is 1. The fourth-order valence-corrected chi connectivity index (χ4v) is 1.51. The van der Waals surface area contributed by atoms with E-state index in [2.05, 4.69) is 10.4 Å². The zero-order valence-corrected chi connectivity index (χ0v) is 9.90. The molecule has 1 N–H and O–H groups in total. The number of hydrogen-bond donors (Lipinski definition) is 1. The van der Waals surface area contributed by atoms with E-state index in [0.29, 0.717) is 0 Å². The van der Waals surface area contributed by atoms with E-state index < -0.39 is 17.6 Å². The van der Waals surface area contributed by atoms with E-state index in [4.69, 9.17) is 0 Å². The number of aryl methyl sites for hydroxylation is 1. The number of carbonyl (C=O) groups is 1. The number of nitrogens with zero attached hydrogens (tertiary/aromatic N) is 2. The van der Waals surface area contributed by atoms with Crippen LogP contribution in [0.3, 0.4) is 0 Å². The molecule has 0 aliphatic carbocycles. The third-order valence-corrected chi connectivity index (χ3v) is 2.41. The quantitative estimate of drug-likeness (QED) is 0.911. The van der Waals surface area contributed by atoms with Gasteiger partial charge < -0.3 is 5.32 Å². The summed E-state index contributed by atoms with van der Waals surface area (Å²) in [5.74, 6) is -0.352. The van der Waals surface area contributed by atoms with Crippen LogP contribution in [-0.2, 0) is 13.2 Å². The lowest BCUT2D eigenvalue weighted by molar-refractivity contribution is -0.137. The summed E-state index contributed by atoms with van der Waals surface area (Å²) in [6.07, 6.45) is -2.86. The Kier molecular flexibility index (Phi) is 3.28. The molecule has 1 aromatic heterocycles. The summed E-state index contributed by atoms with van der Waals surface area (Å²) in [4.78, 5) is 11.8. The van der Waals surface area contributed by atoms with Gasteiger partial charge in [0, 0.05) is 24.9 Å². The van der Waals surface area contributed by atoms with Crippen LogP contribution in [0.2, 0.25) is 0 Å². The summed E-state index contributed by atoms with van der Waals surface area (Å²) in [6.45, 7) is 0. The van der Waals surface area contributed by atoms with Crippen LogP contribution in [0.5, 0.6) is 0 Å². The summed E-state index contributed by atoms with van der Waals surface area (Å²) in [5.41, 5.74) is -0.929. The van der Waals surface area contributed by atoms with E-state index in [9.17, 15) is 18.0 Å². The van der Waals surface area contributed by atoms with Crippen LogP contribution in [0.25, 0.3) is 0 Å². The first-order valence-corrected chi connectivity index (χ1v) is 5.34. The van der Waals surface area contributed by atoms with Crippen LogP contribution in [-0.4, -0.2) is 15.7 Å². The Bertz CT molecular complexity index is 604. The molecule has 0 fully saturated rings. The Morgan fingerprint density at radius 2 is 2.05 bits per heavy atom. The van der Waals surface area contributed by atoms with Crippen LogP contribution in [0.4, 0.5) is 19.0 Å². The molecule has 0 bridgehead atoms. The van der Waals surface area contributed by atoms with Crippen LogP contribution in [0.1, 0.15) is 15.9 Å². The van der Waals surface area contributed by atoms with Gasteiger partial charge in [-0.15, -0.1) is 0 Å². The summed E-state index contributed by atoms with van der Waals surface area (Å²) in [6, 6.07) is 5.77. The van der Waals surface area contributed by atoms with Crippen molar-refractivity contribution in [2.75, 3.05) is 5.32 Å². The van der Waals surface area contributed by atoms with Crippen LogP contribution in [0.15, 0.2) is 36.5 Å². The van der Waals surface area contributed by atoms with Crippen LogP contribution in [0, 0.1) is 0 Å². The fraction of sp³-hybridized carbons (Fsp3) is 0.167. The van der Waals surface area contributed by atoms with Crippen molar-refractivity contribution in [1.29, 1.82) is 0 Å². The number of nitrogens with one attached hydrogen (secondary N) is 1. The van der Waals surface area contributed by atoms with Crippen molar-refractivity contribution in [3.63, 3.8) is 0 Å². The molecule has 19 heavy (non-hydrogen) atoms. The van der Waals surface area contributed by atoms with E-state index in [0.717, 1.165) is 12.1 Å². The van der Waals surface area contributed by atoms with Crippen LogP contribution < -0.4 is 5.32 Å². The molecular formula is C12H10F3N3O. The number of benzene rings is 1. The Hall–Kier alpha value is -2.31. The first kappa shape index (κ1) is 13.1. The maximum Gasteiger partial charge on any atom is 0.416 e. The average Bonchev–Trinajstić information content (AvgIpc) is 2.74. The standard InChI is InChI=1S/C12H10F3N3O/c1-18-6-5-10(17-18)16-11(19)8-3-2-4-9(7-8)12(13,14)15/h2-7H,1H3,(H,16,17,19). The maximum absolute atomic E-state index is 12.5. The first-order chi connectivity index (χ1) is 8.86. The molecule has 0 unspecified atom stereocenters. The Morgan fingerprint density at radius 3 is 2.63 bits per heavy atom. The average molecular weight is 269 g/mol. The zero-order valence-electron chi connectivity index (χ0n) is 9.90. The van der Waals surface area contributed by atoms with Gasteiger partial charge in [-0.25, -0.2) is 0 Å². The van der Waals surface area contributed by atoms with Gasteiger partial charge in [0.1, 0.15) is 0 Å². The molecule has 2 aromatic rings. The smallest absolute Gasteiger partial charge is 0.305 e. The lowest BCUT2D eigenvalue weighted by atomic mass is 10.1. The topological polar surface area (TPSA) is 46.9 Å². The van der Waals surface area contributed by atoms with E-state index >= 15 is 0 Å². The second kappa shape index (κ2) is 4.75. The number of rotatable bonds is 2. The van der Waals surface area contributed by atoms with Crippen molar-refractivity contribution in [2.24, 2.45) is 7.05 Å². The van der Waals surface area contributed by atoms with Crippen molar-refractivity contribution in [2.45, 2.75) is 6.18 Å². The summed E-state index contributed by atoms with van der Waals surface area (Å²) < 4.78 is 39.0. The van der Waals surface area contributed by atoms with Gasteiger partial charge in [0.15, 0.2) is 5.82 Å². The first-order valence-electron chi connectivity index (χ1n) is 5.34. The maximum atomic E-state index is 12.5. The van der Waals surface area contributed by atoms with Gasteiger partial charge in [0.2, 0.25) is 0 Å². The molecule has 1 aromatic carbocycles. The Labute approximate surface area is 106 Å². The molecular weight excluding hydrogens is 259 g/mol. The molecule has 100 valence electrons. The minimum atomic E-state index is -4.47. The van der Waals surface area contributed by atoms with Crippen molar-refractivity contribution < 1.29 is 18.0 Å². The van der Waals surface area contributed by atoms with E-state index in [1.54, 1.807) is 19.3 Å². The highest BCUT2D eigenvalue weighted by atomic mass is 19.4.